The number of hydrogen-bond donors (Lipinski definition) is 2. The first-order valence-electron chi connectivity index (χ1n) is 7.20. The Morgan fingerprint density at radius 3 is 2.64 bits per heavy atom. The maximum absolute atomic E-state index is 12.1. The minimum absolute atomic E-state index is 0.0543. The Kier molecular flexibility index (Phi) is 5.47. The second kappa shape index (κ2) is 7.15. The van der Waals surface area contributed by atoms with Crippen molar-refractivity contribution in [3.8, 4) is 0 Å². The van der Waals surface area contributed by atoms with Crippen molar-refractivity contribution in [2.24, 2.45) is 0 Å². The SMILES string of the molecule is O=C(NC[C@H](O)C(F)(F)F)c1ccc(CN2CCCCC2)o1. The summed E-state index contributed by atoms with van der Waals surface area (Å²) in [7, 11) is 0. The van der Waals surface area contributed by atoms with Gasteiger partial charge in [-0.15, -0.1) is 0 Å². The van der Waals surface area contributed by atoms with Crippen LogP contribution in [-0.4, -0.2) is 47.8 Å². The molecular formula is C14H19F3N2O3. The molecule has 1 amide bonds. The Morgan fingerprint density at radius 2 is 2.00 bits per heavy atom. The number of carbonyl (C=O) groups is 1. The van der Waals surface area contributed by atoms with Crippen molar-refractivity contribution >= 4 is 5.91 Å². The van der Waals surface area contributed by atoms with Gasteiger partial charge >= 0.3 is 6.18 Å². The third-order valence-electron chi connectivity index (χ3n) is 3.55. The second-order valence-electron chi connectivity index (χ2n) is 5.37. The average molecular weight is 320 g/mol. The fraction of sp³-hybridized carbons (Fsp3) is 0.643. The molecule has 1 aliphatic rings. The van der Waals surface area contributed by atoms with Gasteiger partial charge in [-0.25, -0.2) is 0 Å². The normalized spacial score (nSPS) is 18.2. The molecule has 1 aromatic heterocycles. The summed E-state index contributed by atoms with van der Waals surface area (Å²) in [4.78, 5) is 13.9. The molecule has 0 radical (unpaired) electrons. The first-order valence-corrected chi connectivity index (χ1v) is 7.20. The third-order valence-corrected chi connectivity index (χ3v) is 3.55. The third kappa shape index (κ3) is 4.74. The summed E-state index contributed by atoms with van der Waals surface area (Å²) < 4.78 is 41.8. The van der Waals surface area contributed by atoms with Crippen molar-refractivity contribution < 1.29 is 27.5 Å². The number of halogens is 3. The number of rotatable bonds is 5. The first kappa shape index (κ1) is 16.8. The van der Waals surface area contributed by atoms with Crippen LogP contribution in [0.3, 0.4) is 0 Å². The van der Waals surface area contributed by atoms with E-state index in [0.717, 1.165) is 25.9 Å². The van der Waals surface area contributed by atoms with E-state index in [1.165, 1.54) is 12.5 Å². The van der Waals surface area contributed by atoms with Crippen molar-refractivity contribution in [1.82, 2.24) is 10.2 Å². The van der Waals surface area contributed by atoms with Crippen molar-refractivity contribution in [1.29, 1.82) is 0 Å². The number of piperidine rings is 1. The van der Waals surface area contributed by atoms with Crippen molar-refractivity contribution in [3.05, 3.63) is 23.7 Å². The van der Waals surface area contributed by atoms with E-state index in [4.69, 9.17) is 9.52 Å². The number of nitrogens with one attached hydrogen (secondary N) is 1. The molecule has 0 aliphatic carbocycles. The van der Waals surface area contributed by atoms with Gasteiger partial charge in [0.2, 0.25) is 0 Å². The molecule has 2 rings (SSSR count). The monoisotopic (exact) mass is 320 g/mol. The highest BCUT2D eigenvalue weighted by Crippen LogP contribution is 2.19. The minimum Gasteiger partial charge on any atom is -0.455 e. The van der Waals surface area contributed by atoms with Crippen LogP contribution in [0.4, 0.5) is 13.2 Å². The molecule has 124 valence electrons. The summed E-state index contributed by atoms with van der Waals surface area (Å²) in [5.74, 6) is -0.224. The Labute approximate surface area is 126 Å². The lowest BCUT2D eigenvalue weighted by Crippen LogP contribution is -2.40. The van der Waals surface area contributed by atoms with Crippen molar-refractivity contribution in [2.75, 3.05) is 19.6 Å². The van der Waals surface area contributed by atoms with Crippen LogP contribution in [-0.2, 0) is 6.54 Å². The topological polar surface area (TPSA) is 65.7 Å². The van der Waals surface area contributed by atoms with Crippen LogP contribution in [0.2, 0.25) is 0 Å². The molecule has 22 heavy (non-hydrogen) atoms. The predicted octanol–water partition coefficient (Wildman–Crippen LogP) is 1.92. The van der Waals surface area contributed by atoms with Crippen LogP contribution in [0.5, 0.6) is 0 Å². The van der Waals surface area contributed by atoms with Gasteiger partial charge in [0.25, 0.3) is 5.91 Å². The van der Waals surface area contributed by atoms with Gasteiger partial charge in [-0.2, -0.15) is 13.2 Å². The lowest BCUT2D eigenvalue weighted by Gasteiger charge is -2.25. The van der Waals surface area contributed by atoms with E-state index >= 15 is 0 Å². The fourth-order valence-corrected chi connectivity index (χ4v) is 2.32. The van der Waals surface area contributed by atoms with E-state index < -0.39 is 24.7 Å². The number of aliphatic hydroxyl groups excluding tert-OH is 1. The van der Waals surface area contributed by atoms with Gasteiger partial charge in [0.05, 0.1) is 13.1 Å². The van der Waals surface area contributed by atoms with E-state index in [9.17, 15) is 18.0 Å². The Bertz CT molecular complexity index is 496. The molecule has 2 N–H and O–H groups in total. The van der Waals surface area contributed by atoms with Crippen LogP contribution in [0, 0.1) is 0 Å². The molecule has 1 atom stereocenters. The van der Waals surface area contributed by atoms with Crippen molar-refractivity contribution in [2.45, 2.75) is 38.1 Å². The van der Waals surface area contributed by atoms with E-state index in [1.807, 2.05) is 5.32 Å². The van der Waals surface area contributed by atoms with E-state index in [0.29, 0.717) is 12.3 Å². The first-order chi connectivity index (χ1) is 10.4. The molecule has 0 unspecified atom stereocenters. The summed E-state index contributed by atoms with van der Waals surface area (Å²) in [6.07, 6.45) is -3.87. The molecular weight excluding hydrogens is 301 g/mol. The quantitative estimate of drug-likeness (QED) is 0.870. The van der Waals surface area contributed by atoms with Crippen LogP contribution >= 0.6 is 0 Å². The van der Waals surface area contributed by atoms with Gasteiger partial charge in [0.1, 0.15) is 5.76 Å². The fourth-order valence-electron chi connectivity index (χ4n) is 2.32. The minimum atomic E-state index is -4.75. The maximum atomic E-state index is 12.1. The zero-order valence-corrected chi connectivity index (χ0v) is 12.0. The standard InChI is InChI=1S/C14H19F3N2O3/c15-14(16,17)12(20)8-18-13(21)11-5-4-10(22-11)9-19-6-2-1-3-7-19/h4-5,12,20H,1-3,6-9H2,(H,18,21)/t12-/m0/s1. The van der Waals surface area contributed by atoms with E-state index in [-0.39, 0.29) is 5.76 Å². The summed E-state index contributed by atoms with van der Waals surface area (Å²) in [5, 5.41) is 10.8. The number of carbonyl (C=O) groups excluding carboxylic acids is 1. The summed E-state index contributed by atoms with van der Waals surface area (Å²) in [6.45, 7) is 1.63. The molecule has 2 heterocycles. The Morgan fingerprint density at radius 1 is 1.32 bits per heavy atom. The number of nitrogens with zero attached hydrogens (tertiary/aromatic N) is 1. The number of likely N-dealkylation sites (tertiary alicyclic amines) is 1. The highest BCUT2D eigenvalue weighted by Gasteiger charge is 2.38. The van der Waals surface area contributed by atoms with Gasteiger partial charge in [0, 0.05) is 0 Å². The number of furan rings is 1. The Balaban J connectivity index is 1.83. The average Bonchev–Trinajstić information content (AvgIpc) is 2.93. The molecule has 1 aliphatic heterocycles. The molecule has 1 saturated heterocycles. The maximum Gasteiger partial charge on any atom is 0.416 e. The summed E-state index contributed by atoms with van der Waals surface area (Å²) >= 11 is 0. The summed E-state index contributed by atoms with van der Waals surface area (Å²) in [5.41, 5.74) is 0. The highest BCUT2D eigenvalue weighted by atomic mass is 19.4. The molecule has 0 spiro atoms. The van der Waals surface area contributed by atoms with Gasteiger partial charge in [-0.05, 0) is 38.1 Å². The van der Waals surface area contributed by atoms with Crippen LogP contribution in [0.1, 0.15) is 35.6 Å². The number of alkyl halides is 3. The van der Waals surface area contributed by atoms with Gasteiger partial charge < -0.3 is 14.8 Å². The van der Waals surface area contributed by atoms with Crippen LogP contribution in [0.15, 0.2) is 16.5 Å². The smallest absolute Gasteiger partial charge is 0.416 e. The van der Waals surface area contributed by atoms with E-state index in [2.05, 4.69) is 4.90 Å². The lowest BCUT2D eigenvalue weighted by atomic mass is 10.1. The number of aliphatic hydroxyl groups is 1. The molecule has 1 fully saturated rings. The lowest BCUT2D eigenvalue weighted by molar-refractivity contribution is -0.201. The molecule has 0 saturated carbocycles. The zero-order valence-electron chi connectivity index (χ0n) is 12.0. The Hall–Kier alpha value is -1.54. The molecule has 8 heteroatoms. The molecule has 0 aromatic carbocycles. The van der Waals surface area contributed by atoms with Crippen molar-refractivity contribution in [3.63, 3.8) is 0 Å². The van der Waals surface area contributed by atoms with Crippen LogP contribution < -0.4 is 5.32 Å². The largest absolute Gasteiger partial charge is 0.455 e. The van der Waals surface area contributed by atoms with Gasteiger partial charge in [-0.3, -0.25) is 9.69 Å². The van der Waals surface area contributed by atoms with Gasteiger partial charge in [0.15, 0.2) is 11.9 Å². The highest BCUT2D eigenvalue weighted by molar-refractivity contribution is 5.91. The summed E-state index contributed by atoms with van der Waals surface area (Å²) in [6, 6.07) is 3.07. The molecule has 0 bridgehead atoms. The van der Waals surface area contributed by atoms with Crippen LogP contribution in [0.25, 0.3) is 0 Å². The van der Waals surface area contributed by atoms with Gasteiger partial charge in [-0.1, -0.05) is 6.42 Å². The molecule has 5 nitrogen and oxygen atoms in total. The second-order valence-corrected chi connectivity index (χ2v) is 5.37. The number of amides is 1. The van der Waals surface area contributed by atoms with E-state index in [1.54, 1.807) is 6.07 Å². The molecule has 1 aromatic rings. The predicted molar refractivity (Wildman–Crippen MR) is 72.2 cm³/mol. The zero-order chi connectivity index (χ0) is 16.2. The number of hydrogen-bond acceptors (Lipinski definition) is 4.